The quantitative estimate of drug-likeness (QED) is 0.892. The first-order chi connectivity index (χ1) is 8.61. The molecule has 0 fully saturated rings. The molecule has 0 amide bonds. The van der Waals surface area contributed by atoms with Crippen molar-refractivity contribution in [1.29, 1.82) is 0 Å². The van der Waals surface area contributed by atoms with Crippen LogP contribution in [0.4, 0.5) is 4.39 Å². The van der Waals surface area contributed by atoms with Crippen LogP contribution in [0.2, 0.25) is 0 Å². The van der Waals surface area contributed by atoms with Crippen molar-refractivity contribution in [2.45, 2.75) is 13.3 Å². The molecule has 0 aliphatic rings. The van der Waals surface area contributed by atoms with Crippen molar-refractivity contribution in [3.63, 3.8) is 0 Å². The predicted molar refractivity (Wildman–Crippen MR) is 68.2 cm³/mol. The predicted octanol–water partition coefficient (Wildman–Crippen LogP) is 3.75. The summed E-state index contributed by atoms with van der Waals surface area (Å²) < 4.78 is 13.3. The Balaban J connectivity index is 2.44. The largest absolute Gasteiger partial charge is 0.478 e. The molecule has 2 nitrogen and oxygen atoms in total. The lowest BCUT2D eigenvalue weighted by atomic mass is 10.0. The molecule has 0 unspecified atom stereocenters. The summed E-state index contributed by atoms with van der Waals surface area (Å²) in [5.74, 6) is -1.96. The molecule has 0 aliphatic carbocycles. The lowest BCUT2D eigenvalue weighted by Crippen LogP contribution is -2.00. The minimum Gasteiger partial charge on any atom is -0.478 e. The van der Waals surface area contributed by atoms with Crippen molar-refractivity contribution in [2.24, 2.45) is 0 Å². The molecule has 0 spiro atoms. The first-order valence-electron chi connectivity index (χ1n) is 5.74. The van der Waals surface area contributed by atoms with Gasteiger partial charge in [-0.05, 0) is 35.2 Å². The number of benzene rings is 2. The SMILES string of the molecule is CCc1ccc(-c2ccc(F)c(C(=O)O)c2)cc1. The van der Waals surface area contributed by atoms with Crippen LogP contribution in [0.1, 0.15) is 22.8 Å². The van der Waals surface area contributed by atoms with Gasteiger partial charge in [-0.25, -0.2) is 9.18 Å². The van der Waals surface area contributed by atoms with E-state index in [4.69, 9.17) is 5.11 Å². The lowest BCUT2D eigenvalue weighted by molar-refractivity contribution is 0.0692. The van der Waals surface area contributed by atoms with E-state index in [0.29, 0.717) is 5.56 Å². The zero-order chi connectivity index (χ0) is 13.1. The molecule has 1 N–H and O–H groups in total. The second-order valence-corrected chi connectivity index (χ2v) is 4.05. The third kappa shape index (κ3) is 2.40. The van der Waals surface area contributed by atoms with Crippen LogP contribution in [-0.2, 0) is 6.42 Å². The molecular weight excluding hydrogens is 231 g/mol. The molecule has 0 aromatic heterocycles. The van der Waals surface area contributed by atoms with Gasteiger partial charge < -0.3 is 5.11 Å². The highest BCUT2D eigenvalue weighted by molar-refractivity contribution is 5.89. The molecule has 0 radical (unpaired) electrons. The van der Waals surface area contributed by atoms with Crippen LogP contribution in [0.5, 0.6) is 0 Å². The average molecular weight is 244 g/mol. The Morgan fingerprint density at radius 2 is 1.72 bits per heavy atom. The maximum absolute atomic E-state index is 13.3. The van der Waals surface area contributed by atoms with Crippen LogP contribution in [0, 0.1) is 5.82 Å². The molecule has 2 aromatic rings. The average Bonchev–Trinajstić information content (AvgIpc) is 2.39. The van der Waals surface area contributed by atoms with E-state index in [2.05, 4.69) is 6.92 Å². The zero-order valence-electron chi connectivity index (χ0n) is 9.98. The van der Waals surface area contributed by atoms with E-state index in [1.54, 1.807) is 6.07 Å². The van der Waals surface area contributed by atoms with E-state index >= 15 is 0 Å². The maximum atomic E-state index is 13.3. The van der Waals surface area contributed by atoms with Gasteiger partial charge in [-0.1, -0.05) is 37.3 Å². The zero-order valence-corrected chi connectivity index (χ0v) is 9.98. The van der Waals surface area contributed by atoms with Gasteiger partial charge in [0.2, 0.25) is 0 Å². The number of carboxylic acids is 1. The number of hydrogen-bond acceptors (Lipinski definition) is 1. The van der Waals surface area contributed by atoms with Crippen LogP contribution in [0.25, 0.3) is 11.1 Å². The van der Waals surface area contributed by atoms with Crippen molar-refractivity contribution >= 4 is 5.97 Å². The highest BCUT2D eigenvalue weighted by Gasteiger charge is 2.11. The fraction of sp³-hybridized carbons (Fsp3) is 0.133. The Kier molecular flexibility index (Phi) is 3.42. The summed E-state index contributed by atoms with van der Waals surface area (Å²) in [5, 5.41) is 8.88. The van der Waals surface area contributed by atoms with Crippen molar-refractivity contribution in [3.8, 4) is 11.1 Å². The van der Waals surface area contributed by atoms with E-state index in [0.717, 1.165) is 12.0 Å². The first kappa shape index (κ1) is 12.3. The fourth-order valence-electron chi connectivity index (χ4n) is 1.80. The van der Waals surface area contributed by atoms with Gasteiger partial charge in [0.15, 0.2) is 0 Å². The van der Waals surface area contributed by atoms with Crippen molar-refractivity contribution in [1.82, 2.24) is 0 Å². The molecule has 0 atom stereocenters. The van der Waals surface area contributed by atoms with E-state index < -0.39 is 11.8 Å². The van der Waals surface area contributed by atoms with Crippen LogP contribution >= 0.6 is 0 Å². The monoisotopic (exact) mass is 244 g/mol. The topological polar surface area (TPSA) is 37.3 Å². The van der Waals surface area contributed by atoms with E-state index in [1.165, 1.54) is 17.7 Å². The summed E-state index contributed by atoms with van der Waals surface area (Å²) in [7, 11) is 0. The standard InChI is InChI=1S/C15H13FO2/c1-2-10-3-5-11(6-4-10)12-7-8-14(16)13(9-12)15(17)18/h3-9H,2H2,1H3,(H,17,18). The summed E-state index contributed by atoms with van der Waals surface area (Å²) in [6.07, 6.45) is 0.948. The Labute approximate surface area is 105 Å². The molecule has 0 saturated heterocycles. The third-order valence-electron chi connectivity index (χ3n) is 2.89. The van der Waals surface area contributed by atoms with Gasteiger partial charge >= 0.3 is 5.97 Å². The number of aryl methyl sites for hydroxylation is 1. The Morgan fingerprint density at radius 1 is 1.11 bits per heavy atom. The van der Waals surface area contributed by atoms with Crippen LogP contribution in [0.3, 0.4) is 0 Å². The molecule has 0 heterocycles. The van der Waals surface area contributed by atoms with Gasteiger partial charge in [0.1, 0.15) is 5.82 Å². The third-order valence-corrected chi connectivity index (χ3v) is 2.89. The van der Waals surface area contributed by atoms with Crippen molar-refractivity contribution in [3.05, 3.63) is 59.4 Å². The molecule has 0 bridgehead atoms. The molecule has 3 heteroatoms. The maximum Gasteiger partial charge on any atom is 0.338 e. The van der Waals surface area contributed by atoms with E-state index in [-0.39, 0.29) is 5.56 Å². The van der Waals surface area contributed by atoms with Gasteiger partial charge in [-0.3, -0.25) is 0 Å². The minimum absolute atomic E-state index is 0.299. The Hall–Kier alpha value is -2.16. The van der Waals surface area contributed by atoms with Crippen LogP contribution < -0.4 is 0 Å². The summed E-state index contributed by atoms with van der Waals surface area (Å²) in [6.45, 7) is 2.06. The molecule has 2 rings (SSSR count). The highest BCUT2D eigenvalue weighted by Crippen LogP contribution is 2.22. The number of carbonyl (C=O) groups is 1. The number of aromatic carboxylic acids is 1. The number of rotatable bonds is 3. The Morgan fingerprint density at radius 3 is 2.28 bits per heavy atom. The number of carboxylic acid groups (broad SMARTS) is 1. The molecule has 0 saturated carbocycles. The summed E-state index contributed by atoms with van der Waals surface area (Å²) in [5.41, 5.74) is 2.50. The highest BCUT2D eigenvalue weighted by atomic mass is 19.1. The molecule has 18 heavy (non-hydrogen) atoms. The van der Waals surface area contributed by atoms with Gasteiger partial charge in [0.05, 0.1) is 5.56 Å². The molecule has 2 aromatic carbocycles. The summed E-state index contributed by atoms with van der Waals surface area (Å²) in [4.78, 5) is 10.9. The number of hydrogen-bond donors (Lipinski definition) is 1. The second kappa shape index (κ2) is 5.00. The molecule has 0 aliphatic heterocycles. The summed E-state index contributed by atoms with van der Waals surface area (Å²) in [6, 6.07) is 11.9. The van der Waals surface area contributed by atoms with Gasteiger partial charge in [-0.15, -0.1) is 0 Å². The van der Waals surface area contributed by atoms with Gasteiger partial charge in [-0.2, -0.15) is 0 Å². The van der Waals surface area contributed by atoms with Crippen LogP contribution in [0.15, 0.2) is 42.5 Å². The van der Waals surface area contributed by atoms with Crippen molar-refractivity contribution in [2.75, 3.05) is 0 Å². The number of halogens is 1. The van der Waals surface area contributed by atoms with Gasteiger partial charge in [0.25, 0.3) is 0 Å². The van der Waals surface area contributed by atoms with E-state index in [1.807, 2.05) is 24.3 Å². The van der Waals surface area contributed by atoms with Crippen LogP contribution in [-0.4, -0.2) is 11.1 Å². The van der Waals surface area contributed by atoms with Crippen molar-refractivity contribution < 1.29 is 14.3 Å². The van der Waals surface area contributed by atoms with Gasteiger partial charge in [0, 0.05) is 0 Å². The molecular formula is C15H13FO2. The fourth-order valence-corrected chi connectivity index (χ4v) is 1.80. The minimum atomic E-state index is -1.25. The smallest absolute Gasteiger partial charge is 0.338 e. The first-order valence-corrected chi connectivity index (χ1v) is 5.74. The van der Waals surface area contributed by atoms with E-state index in [9.17, 15) is 9.18 Å². The second-order valence-electron chi connectivity index (χ2n) is 4.05. The Bertz CT molecular complexity index is 574. The normalized spacial score (nSPS) is 10.3. The molecule has 92 valence electrons. The summed E-state index contributed by atoms with van der Waals surface area (Å²) >= 11 is 0. The lowest BCUT2D eigenvalue weighted by Gasteiger charge is -2.05.